The molecule has 0 atom stereocenters. The number of hydrogen-bond donors (Lipinski definition) is 1. The average molecular weight is 186 g/mol. The Morgan fingerprint density at radius 2 is 2.15 bits per heavy atom. The number of methoxy groups -OCH3 is 1. The normalized spacial score (nSPS) is 24.2. The summed E-state index contributed by atoms with van der Waals surface area (Å²) in [5.41, 5.74) is 0.321. The molecule has 1 heterocycles. The van der Waals surface area contributed by atoms with Crippen LogP contribution < -0.4 is 5.32 Å². The van der Waals surface area contributed by atoms with Gasteiger partial charge in [-0.3, -0.25) is 4.90 Å². The van der Waals surface area contributed by atoms with Gasteiger partial charge in [0.1, 0.15) is 0 Å². The quantitative estimate of drug-likeness (QED) is 0.702. The molecule has 78 valence electrons. The summed E-state index contributed by atoms with van der Waals surface area (Å²) in [6, 6.07) is 0. The Morgan fingerprint density at radius 3 is 2.85 bits per heavy atom. The first-order valence-electron chi connectivity index (χ1n) is 5.11. The smallest absolute Gasteiger partial charge is 0.0589 e. The molecule has 1 aliphatic heterocycles. The van der Waals surface area contributed by atoms with E-state index in [2.05, 4.69) is 24.1 Å². The van der Waals surface area contributed by atoms with Crippen molar-refractivity contribution in [3.8, 4) is 0 Å². The van der Waals surface area contributed by atoms with E-state index in [0.29, 0.717) is 5.54 Å². The van der Waals surface area contributed by atoms with Gasteiger partial charge in [-0.1, -0.05) is 0 Å². The van der Waals surface area contributed by atoms with Gasteiger partial charge in [0, 0.05) is 32.3 Å². The first-order chi connectivity index (χ1) is 6.17. The first kappa shape index (κ1) is 11.0. The van der Waals surface area contributed by atoms with E-state index in [1.54, 1.807) is 7.11 Å². The molecule has 0 bridgehead atoms. The minimum absolute atomic E-state index is 0.321. The molecule has 0 radical (unpaired) electrons. The minimum Gasteiger partial charge on any atom is -0.383 e. The molecule has 0 amide bonds. The third kappa shape index (κ3) is 3.25. The Morgan fingerprint density at radius 1 is 1.38 bits per heavy atom. The van der Waals surface area contributed by atoms with E-state index >= 15 is 0 Å². The SMILES string of the molecule is COCCN1CCNCCC1(C)C. The minimum atomic E-state index is 0.321. The zero-order valence-corrected chi connectivity index (χ0v) is 9.10. The summed E-state index contributed by atoms with van der Waals surface area (Å²) in [4.78, 5) is 2.51. The Hall–Kier alpha value is -0.120. The van der Waals surface area contributed by atoms with Crippen molar-refractivity contribution in [1.82, 2.24) is 10.2 Å². The van der Waals surface area contributed by atoms with Gasteiger partial charge in [-0.05, 0) is 26.8 Å². The monoisotopic (exact) mass is 186 g/mol. The second-order valence-corrected chi connectivity index (χ2v) is 4.29. The zero-order chi connectivity index (χ0) is 9.73. The lowest BCUT2D eigenvalue weighted by atomic mass is 9.99. The summed E-state index contributed by atoms with van der Waals surface area (Å²) in [5.74, 6) is 0. The van der Waals surface area contributed by atoms with Crippen molar-refractivity contribution in [3.63, 3.8) is 0 Å². The van der Waals surface area contributed by atoms with Crippen LogP contribution in [-0.4, -0.2) is 50.3 Å². The molecule has 1 fully saturated rings. The van der Waals surface area contributed by atoms with Crippen LogP contribution in [0.25, 0.3) is 0 Å². The van der Waals surface area contributed by atoms with E-state index in [1.807, 2.05) is 0 Å². The Kier molecular flexibility index (Phi) is 4.16. The molecule has 13 heavy (non-hydrogen) atoms. The summed E-state index contributed by atoms with van der Waals surface area (Å²) in [7, 11) is 1.77. The van der Waals surface area contributed by atoms with E-state index in [0.717, 1.165) is 32.8 Å². The molecular weight excluding hydrogens is 164 g/mol. The van der Waals surface area contributed by atoms with Crippen LogP contribution >= 0.6 is 0 Å². The molecule has 1 N–H and O–H groups in total. The highest BCUT2D eigenvalue weighted by molar-refractivity contribution is 4.85. The molecule has 0 aromatic heterocycles. The van der Waals surface area contributed by atoms with Gasteiger partial charge in [0.05, 0.1) is 6.61 Å². The number of ether oxygens (including phenoxy) is 1. The van der Waals surface area contributed by atoms with Crippen molar-refractivity contribution in [2.45, 2.75) is 25.8 Å². The number of nitrogens with one attached hydrogen (secondary N) is 1. The topological polar surface area (TPSA) is 24.5 Å². The standard InChI is InChI=1S/C10H22N2O/c1-10(2)4-5-11-6-7-12(10)8-9-13-3/h11H,4-9H2,1-3H3. The average Bonchev–Trinajstić information content (AvgIpc) is 2.23. The van der Waals surface area contributed by atoms with Gasteiger partial charge >= 0.3 is 0 Å². The lowest BCUT2D eigenvalue weighted by molar-refractivity contribution is 0.0827. The Labute approximate surface area is 81.4 Å². The maximum Gasteiger partial charge on any atom is 0.0589 e. The molecular formula is C10H22N2O. The number of nitrogens with zero attached hydrogens (tertiary/aromatic N) is 1. The van der Waals surface area contributed by atoms with Gasteiger partial charge in [-0.25, -0.2) is 0 Å². The molecule has 0 aromatic carbocycles. The molecule has 1 aliphatic rings. The maximum absolute atomic E-state index is 5.12. The van der Waals surface area contributed by atoms with Crippen molar-refractivity contribution in [1.29, 1.82) is 0 Å². The van der Waals surface area contributed by atoms with E-state index in [-0.39, 0.29) is 0 Å². The number of hydrogen-bond acceptors (Lipinski definition) is 3. The van der Waals surface area contributed by atoms with E-state index in [1.165, 1.54) is 6.42 Å². The van der Waals surface area contributed by atoms with Gasteiger partial charge in [0.15, 0.2) is 0 Å². The molecule has 0 saturated carbocycles. The predicted octanol–water partition coefficient (Wildman–Crippen LogP) is 0.707. The van der Waals surface area contributed by atoms with E-state index < -0.39 is 0 Å². The molecule has 0 aliphatic carbocycles. The molecule has 0 aromatic rings. The fourth-order valence-corrected chi connectivity index (χ4v) is 1.81. The highest BCUT2D eigenvalue weighted by Gasteiger charge is 2.27. The highest BCUT2D eigenvalue weighted by atomic mass is 16.5. The van der Waals surface area contributed by atoms with Gasteiger partial charge in [-0.2, -0.15) is 0 Å². The zero-order valence-electron chi connectivity index (χ0n) is 9.10. The fourth-order valence-electron chi connectivity index (χ4n) is 1.81. The van der Waals surface area contributed by atoms with Gasteiger partial charge in [-0.15, -0.1) is 0 Å². The van der Waals surface area contributed by atoms with Crippen LogP contribution in [0.2, 0.25) is 0 Å². The third-order valence-corrected chi connectivity index (χ3v) is 2.89. The van der Waals surface area contributed by atoms with Gasteiger partial charge in [0.25, 0.3) is 0 Å². The second kappa shape index (κ2) is 4.94. The van der Waals surface area contributed by atoms with Crippen LogP contribution in [0.4, 0.5) is 0 Å². The second-order valence-electron chi connectivity index (χ2n) is 4.29. The van der Waals surface area contributed by atoms with Gasteiger partial charge < -0.3 is 10.1 Å². The van der Waals surface area contributed by atoms with Crippen molar-refractivity contribution >= 4 is 0 Å². The molecule has 0 unspecified atom stereocenters. The summed E-state index contributed by atoms with van der Waals surface area (Å²) in [6.07, 6.45) is 1.22. The third-order valence-electron chi connectivity index (χ3n) is 2.89. The van der Waals surface area contributed by atoms with Crippen LogP contribution in [0.3, 0.4) is 0 Å². The number of rotatable bonds is 3. The first-order valence-corrected chi connectivity index (χ1v) is 5.11. The predicted molar refractivity (Wildman–Crippen MR) is 55.0 cm³/mol. The summed E-state index contributed by atoms with van der Waals surface area (Å²) in [6.45, 7) is 9.89. The van der Waals surface area contributed by atoms with Crippen LogP contribution in [0, 0.1) is 0 Å². The molecule has 1 saturated heterocycles. The van der Waals surface area contributed by atoms with Crippen LogP contribution in [0.1, 0.15) is 20.3 Å². The largest absolute Gasteiger partial charge is 0.383 e. The Balaban J connectivity index is 2.45. The fraction of sp³-hybridized carbons (Fsp3) is 1.00. The highest BCUT2D eigenvalue weighted by Crippen LogP contribution is 2.19. The molecule has 0 spiro atoms. The summed E-state index contributed by atoms with van der Waals surface area (Å²) >= 11 is 0. The molecule has 1 rings (SSSR count). The van der Waals surface area contributed by atoms with Crippen LogP contribution in [0.5, 0.6) is 0 Å². The summed E-state index contributed by atoms with van der Waals surface area (Å²) < 4.78 is 5.12. The van der Waals surface area contributed by atoms with Crippen LogP contribution in [-0.2, 0) is 4.74 Å². The lowest BCUT2D eigenvalue weighted by Crippen LogP contribution is -2.45. The van der Waals surface area contributed by atoms with Gasteiger partial charge in [0.2, 0.25) is 0 Å². The van der Waals surface area contributed by atoms with Crippen molar-refractivity contribution < 1.29 is 4.74 Å². The maximum atomic E-state index is 5.12. The van der Waals surface area contributed by atoms with E-state index in [9.17, 15) is 0 Å². The van der Waals surface area contributed by atoms with Crippen molar-refractivity contribution in [2.75, 3.05) is 39.9 Å². The summed E-state index contributed by atoms with van der Waals surface area (Å²) in [5, 5.41) is 3.43. The molecule has 3 nitrogen and oxygen atoms in total. The van der Waals surface area contributed by atoms with Crippen LogP contribution in [0.15, 0.2) is 0 Å². The Bertz CT molecular complexity index is 148. The van der Waals surface area contributed by atoms with E-state index in [4.69, 9.17) is 4.74 Å². The van der Waals surface area contributed by atoms with Crippen molar-refractivity contribution in [2.24, 2.45) is 0 Å². The van der Waals surface area contributed by atoms with Crippen molar-refractivity contribution in [3.05, 3.63) is 0 Å². The molecule has 3 heteroatoms. The lowest BCUT2D eigenvalue weighted by Gasteiger charge is -2.36.